The number of hydrogen-bond donors (Lipinski definition) is 0. The number of amides is 1. The molecule has 3 heteroatoms. The van der Waals surface area contributed by atoms with Crippen molar-refractivity contribution in [3.05, 3.63) is 33.8 Å². The molecule has 2 nitrogen and oxygen atoms in total. The number of nitrogens with zero attached hydrogens (tertiary/aromatic N) is 1. The van der Waals surface area contributed by atoms with Crippen LogP contribution in [0.2, 0.25) is 0 Å². The number of hydrogen-bond acceptors (Lipinski definition) is 1. The zero-order valence-electron chi connectivity index (χ0n) is 12.5. The lowest BCUT2D eigenvalue weighted by atomic mass is 10.1. The molecule has 106 valence electrons. The molecule has 2 atom stereocenters. The van der Waals surface area contributed by atoms with Gasteiger partial charge in [0.25, 0.3) is 5.91 Å². The summed E-state index contributed by atoms with van der Waals surface area (Å²) in [4.78, 5) is 14.7. The minimum Gasteiger partial charge on any atom is -0.333 e. The zero-order valence-corrected chi connectivity index (χ0v) is 14.1. The SMILES string of the molecule is CCC(C)N(C(=O)c1ccc(Br)c(C)c1)C(C)CC. The largest absolute Gasteiger partial charge is 0.333 e. The maximum absolute atomic E-state index is 12.7. The van der Waals surface area contributed by atoms with Crippen molar-refractivity contribution in [2.45, 2.75) is 59.5 Å². The highest BCUT2D eigenvalue weighted by atomic mass is 79.9. The Kier molecular flexibility index (Phi) is 6.05. The summed E-state index contributed by atoms with van der Waals surface area (Å²) in [6.45, 7) is 10.5. The lowest BCUT2D eigenvalue weighted by Gasteiger charge is -2.34. The topological polar surface area (TPSA) is 20.3 Å². The number of aryl methyl sites for hydroxylation is 1. The second kappa shape index (κ2) is 7.09. The molecule has 0 aliphatic carbocycles. The van der Waals surface area contributed by atoms with Gasteiger partial charge >= 0.3 is 0 Å². The highest BCUT2D eigenvalue weighted by molar-refractivity contribution is 9.10. The Bertz CT molecular complexity index is 434. The fraction of sp³-hybridized carbons (Fsp3) is 0.562. The van der Waals surface area contributed by atoms with Crippen LogP contribution in [0.4, 0.5) is 0 Å². The Hall–Kier alpha value is -0.830. The smallest absolute Gasteiger partial charge is 0.254 e. The number of rotatable bonds is 5. The van der Waals surface area contributed by atoms with E-state index in [9.17, 15) is 4.79 Å². The van der Waals surface area contributed by atoms with Gasteiger partial charge in [0.1, 0.15) is 0 Å². The van der Waals surface area contributed by atoms with Crippen LogP contribution in [0, 0.1) is 6.92 Å². The van der Waals surface area contributed by atoms with Crippen LogP contribution in [0.15, 0.2) is 22.7 Å². The van der Waals surface area contributed by atoms with E-state index in [2.05, 4.69) is 43.6 Å². The average molecular weight is 326 g/mol. The van der Waals surface area contributed by atoms with Crippen molar-refractivity contribution in [2.75, 3.05) is 0 Å². The molecule has 0 radical (unpaired) electrons. The monoisotopic (exact) mass is 325 g/mol. The summed E-state index contributed by atoms with van der Waals surface area (Å²) in [7, 11) is 0. The average Bonchev–Trinajstić information content (AvgIpc) is 2.41. The first kappa shape index (κ1) is 16.2. The Morgan fingerprint density at radius 2 is 1.74 bits per heavy atom. The van der Waals surface area contributed by atoms with E-state index in [1.807, 2.05) is 30.0 Å². The van der Waals surface area contributed by atoms with Crippen molar-refractivity contribution in [3.8, 4) is 0 Å². The van der Waals surface area contributed by atoms with Crippen LogP contribution < -0.4 is 0 Å². The van der Waals surface area contributed by atoms with E-state index in [1.165, 1.54) is 0 Å². The molecule has 0 bridgehead atoms. The van der Waals surface area contributed by atoms with E-state index in [4.69, 9.17) is 0 Å². The van der Waals surface area contributed by atoms with Crippen LogP contribution in [0.5, 0.6) is 0 Å². The van der Waals surface area contributed by atoms with Crippen LogP contribution in [-0.4, -0.2) is 22.9 Å². The fourth-order valence-corrected chi connectivity index (χ4v) is 2.40. The Morgan fingerprint density at radius 1 is 1.21 bits per heavy atom. The molecule has 1 aromatic carbocycles. The molecule has 0 heterocycles. The van der Waals surface area contributed by atoms with E-state index in [0.717, 1.165) is 28.4 Å². The van der Waals surface area contributed by atoms with E-state index >= 15 is 0 Å². The van der Waals surface area contributed by atoms with Gasteiger partial charge in [-0.25, -0.2) is 0 Å². The molecule has 1 amide bonds. The third-order valence-corrected chi connectivity index (χ3v) is 4.66. The van der Waals surface area contributed by atoms with Gasteiger partial charge in [-0.1, -0.05) is 29.8 Å². The molecule has 0 fully saturated rings. The molecular formula is C16H24BrNO. The predicted molar refractivity (Wildman–Crippen MR) is 84.6 cm³/mol. The maximum Gasteiger partial charge on any atom is 0.254 e. The number of carbonyl (C=O) groups excluding carboxylic acids is 1. The second-order valence-corrected chi connectivity index (χ2v) is 6.05. The summed E-state index contributed by atoms with van der Waals surface area (Å²) in [5, 5.41) is 0. The summed E-state index contributed by atoms with van der Waals surface area (Å²) in [6, 6.07) is 6.35. The Morgan fingerprint density at radius 3 is 2.16 bits per heavy atom. The molecule has 0 aliphatic heterocycles. The van der Waals surface area contributed by atoms with Crippen LogP contribution in [-0.2, 0) is 0 Å². The van der Waals surface area contributed by atoms with Crippen molar-refractivity contribution < 1.29 is 4.79 Å². The van der Waals surface area contributed by atoms with Gasteiger partial charge in [0.2, 0.25) is 0 Å². The van der Waals surface area contributed by atoms with Crippen LogP contribution in [0.25, 0.3) is 0 Å². The molecule has 0 aromatic heterocycles. The van der Waals surface area contributed by atoms with Gasteiger partial charge in [0, 0.05) is 22.1 Å². The van der Waals surface area contributed by atoms with Gasteiger partial charge in [-0.05, 0) is 57.4 Å². The third-order valence-electron chi connectivity index (χ3n) is 3.77. The summed E-state index contributed by atoms with van der Waals surface area (Å²) in [5.74, 6) is 0.138. The standard InChI is InChI=1S/C16H24BrNO/c1-6-12(4)18(13(5)7-2)16(19)14-8-9-15(17)11(3)10-14/h8-10,12-13H,6-7H2,1-5H3. The maximum atomic E-state index is 12.7. The van der Waals surface area contributed by atoms with E-state index in [-0.39, 0.29) is 18.0 Å². The predicted octanol–water partition coefficient (Wildman–Crippen LogP) is 4.80. The van der Waals surface area contributed by atoms with Crippen molar-refractivity contribution in [3.63, 3.8) is 0 Å². The normalized spacial score (nSPS) is 14.0. The minimum atomic E-state index is 0.138. The van der Waals surface area contributed by atoms with Crippen molar-refractivity contribution in [1.82, 2.24) is 4.90 Å². The zero-order chi connectivity index (χ0) is 14.6. The molecule has 0 spiro atoms. The first-order valence-corrected chi connectivity index (χ1v) is 7.80. The van der Waals surface area contributed by atoms with Crippen LogP contribution in [0.3, 0.4) is 0 Å². The molecule has 1 rings (SSSR count). The van der Waals surface area contributed by atoms with E-state index < -0.39 is 0 Å². The summed E-state index contributed by atoms with van der Waals surface area (Å²) < 4.78 is 1.04. The van der Waals surface area contributed by atoms with Crippen molar-refractivity contribution in [1.29, 1.82) is 0 Å². The highest BCUT2D eigenvalue weighted by Gasteiger charge is 2.24. The van der Waals surface area contributed by atoms with Gasteiger partial charge in [-0.3, -0.25) is 4.79 Å². The van der Waals surface area contributed by atoms with Crippen LogP contribution >= 0.6 is 15.9 Å². The minimum absolute atomic E-state index is 0.138. The molecule has 0 N–H and O–H groups in total. The molecular weight excluding hydrogens is 302 g/mol. The third kappa shape index (κ3) is 3.82. The molecule has 0 saturated heterocycles. The quantitative estimate of drug-likeness (QED) is 0.761. The van der Waals surface area contributed by atoms with Gasteiger partial charge in [0.15, 0.2) is 0 Å². The number of halogens is 1. The fourth-order valence-electron chi connectivity index (χ4n) is 2.15. The lowest BCUT2D eigenvalue weighted by Crippen LogP contribution is -2.44. The molecule has 0 aliphatic rings. The molecule has 1 aromatic rings. The summed E-state index contributed by atoms with van der Waals surface area (Å²) in [6.07, 6.45) is 1.96. The Balaban J connectivity index is 3.08. The number of benzene rings is 1. The number of carbonyl (C=O) groups is 1. The van der Waals surface area contributed by atoms with Gasteiger partial charge in [0.05, 0.1) is 0 Å². The van der Waals surface area contributed by atoms with Gasteiger partial charge in [-0.2, -0.15) is 0 Å². The van der Waals surface area contributed by atoms with Crippen molar-refractivity contribution in [2.24, 2.45) is 0 Å². The van der Waals surface area contributed by atoms with E-state index in [1.54, 1.807) is 0 Å². The molecule has 19 heavy (non-hydrogen) atoms. The Labute approximate surface area is 125 Å². The molecule has 0 saturated carbocycles. The lowest BCUT2D eigenvalue weighted by molar-refractivity contribution is 0.0598. The summed E-state index contributed by atoms with van der Waals surface area (Å²) in [5.41, 5.74) is 1.88. The summed E-state index contributed by atoms with van der Waals surface area (Å²) >= 11 is 3.48. The first-order valence-electron chi connectivity index (χ1n) is 7.01. The van der Waals surface area contributed by atoms with E-state index in [0.29, 0.717) is 0 Å². The highest BCUT2D eigenvalue weighted by Crippen LogP contribution is 2.21. The second-order valence-electron chi connectivity index (χ2n) is 5.19. The first-order chi connectivity index (χ1) is 8.92. The van der Waals surface area contributed by atoms with Crippen molar-refractivity contribution >= 4 is 21.8 Å². The van der Waals surface area contributed by atoms with Gasteiger partial charge < -0.3 is 4.90 Å². The van der Waals surface area contributed by atoms with Gasteiger partial charge in [-0.15, -0.1) is 0 Å². The van der Waals surface area contributed by atoms with Crippen LogP contribution in [0.1, 0.15) is 56.5 Å². The molecule has 2 unspecified atom stereocenters.